The van der Waals surface area contributed by atoms with E-state index in [2.05, 4.69) is 15.0 Å². The first kappa shape index (κ1) is 11.4. The average molecular weight is 251 g/mol. The zero-order valence-corrected chi connectivity index (χ0v) is 10.5. The maximum Gasteiger partial charge on any atom is 0.220 e. The normalized spacial score (nSPS) is 10.8. The van der Waals surface area contributed by atoms with Gasteiger partial charge in [-0.1, -0.05) is 6.07 Å². The SMILES string of the molecule is Cc1ccncc1-c1ccc(N)c2cnc(N)nc12. The molecule has 2 heterocycles. The van der Waals surface area contributed by atoms with E-state index in [1.54, 1.807) is 12.4 Å². The lowest BCUT2D eigenvalue weighted by Crippen LogP contribution is -1.98. The Balaban J connectivity index is 2.39. The van der Waals surface area contributed by atoms with E-state index < -0.39 is 0 Å². The molecule has 2 aromatic heterocycles. The number of pyridine rings is 1. The Morgan fingerprint density at radius 3 is 2.63 bits per heavy atom. The predicted molar refractivity (Wildman–Crippen MR) is 76.3 cm³/mol. The van der Waals surface area contributed by atoms with Crippen molar-refractivity contribution in [2.24, 2.45) is 0 Å². The molecule has 5 nitrogen and oxygen atoms in total. The Morgan fingerprint density at radius 1 is 1.00 bits per heavy atom. The van der Waals surface area contributed by atoms with Crippen molar-refractivity contribution in [2.45, 2.75) is 6.92 Å². The minimum atomic E-state index is 0.237. The van der Waals surface area contributed by atoms with E-state index in [1.807, 2.05) is 31.3 Å². The molecule has 0 aliphatic carbocycles. The van der Waals surface area contributed by atoms with Crippen molar-refractivity contribution < 1.29 is 0 Å². The molecular formula is C14H13N5. The van der Waals surface area contributed by atoms with Crippen LogP contribution in [-0.4, -0.2) is 15.0 Å². The van der Waals surface area contributed by atoms with Gasteiger partial charge in [-0.05, 0) is 24.6 Å². The van der Waals surface area contributed by atoms with Gasteiger partial charge in [0.05, 0.1) is 5.52 Å². The Morgan fingerprint density at radius 2 is 1.84 bits per heavy atom. The number of rotatable bonds is 1. The zero-order chi connectivity index (χ0) is 13.4. The van der Waals surface area contributed by atoms with E-state index in [0.717, 1.165) is 27.6 Å². The first-order chi connectivity index (χ1) is 9.16. The molecule has 94 valence electrons. The van der Waals surface area contributed by atoms with Crippen LogP contribution < -0.4 is 11.5 Å². The second-order valence-electron chi connectivity index (χ2n) is 4.38. The van der Waals surface area contributed by atoms with Crippen molar-refractivity contribution in [3.63, 3.8) is 0 Å². The van der Waals surface area contributed by atoms with Crippen molar-refractivity contribution in [3.05, 3.63) is 42.4 Å². The molecule has 0 radical (unpaired) electrons. The van der Waals surface area contributed by atoms with Crippen LogP contribution in [0.5, 0.6) is 0 Å². The minimum Gasteiger partial charge on any atom is -0.398 e. The molecule has 0 saturated heterocycles. The molecule has 0 aliphatic heterocycles. The fourth-order valence-corrected chi connectivity index (χ4v) is 2.12. The number of fused-ring (bicyclic) bond motifs is 1. The van der Waals surface area contributed by atoms with Gasteiger partial charge in [-0.15, -0.1) is 0 Å². The first-order valence-corrected chi connectivity index (χ1v) is 5.88. The summed E-state index contributed by atoms with van der Waals surface area (Å²) in [7, 11) is 0. The van der Waals surface area contributed by atoms with Crippen LogP contribution in [0.15, 0.2) is 36.8 Å². The number of benzene rings is 1. The van der Waals surface area contributed by atoms with Gasteiger partial charge in [0, 0.05) is 40.8 Å². The third-order valence-corrected chi connectivity index (χ3v) is 3.13. The number of anilines is 2. The molecule has 3 aromatic rings. The van der Waals surface area contributed by atoms with Gasteiger partial charge in [0.25, 0.3) is 0 Å². The van der Waals surface area contributed by atoms with E-state index in [-0.39, 0.29) is 5.95 Å². The topological polar surface area (TPSA) is 90.7 Å². The summed E-state index contributed by atoms with van der Waals surface area (Å²) in [4.78, 5) is 12.5. The van der Waals surface area contributed by atoms with E-state index in [9.17, 15) is 0 Å². The maximum atomic E-state index is 5.95. The number of hydrogen-bond donors (Lipinski definition) is 2. The van der Waals surface area contributed by atoms with E-state index >= 15 is 0 Å². The van der Waals surface area contributed by atoms with Crippen LogP contribution in [0, 0.1) is 6.92 Å². The van der Waals surface area contributed by atoms with Gasteiger partial charge in [-0.25, -0.2) is 9.97 Å². The van der Waals surface area contributed by atoms with Gasteiger partial charge in [-0.3, -0.25) is 4.98 Å². The average Bonchev–Trinajstić information content (AvgIpc) is 2.40. The number of hydrogen-bond acceptors (Lipinski definition) is 5. The standard InChI is InChI=1S/C14H13N5/c1-8-4-5-17-6-10(8)9-2-3-12(15)11-7-18-14(16)19-13(9)11/h2-7H,15H2,1H3,(H2,16,18,19). The summed E-state index contributed by atoms with van der Waals surface area (Å²) in [5.41, 5.74) is 16.1. The molecule has 3 rings (SSSR count). The fourth-order valence-electron chi connectivity index (χ4n) is 2.12. The van der Waals surface area contributed by atoms with Gasteiger partial charge in [0.1, 0.15) is 0 Å². The van der Waals surface area contributed by atoms with E-state index in [4.69, 9.17) is 11.5 Å². The zero-order valence-electron chi connectivity index (χ0n) is 10.5. The highest BCUT2D eigenvalue weighted by Crippen LogP contribution is 2.31. The van der Waals surface area contributed by atoms with Crippen LogP contribution in [0.1, 0.15) is 5.56 Å². The first-order valence-electron chi connectivity index (χ1n) is 5.88. The highest BCUT2D eigenvalue weighted by atomic mass is 15.0. The summed E-state index contributed by atoms with van der Waals surface area (Å²) in [5, 5.41) is 0.801. The van der Waals surface area contributed by atoms with Crippen LogP contribution >= 0.6 is 0 Å². The van der Waals surface area contributed by atoms with Crippen molar-refractivity contribution in [2.75, 3.05) is 11.5 Å². The summed E-state index contributed by atoms with van der Waals surface area (Å²) < 4.78 is 0. The molecule has 0 atom stereocenters. The van der Waals surface area contributed by atoms with Crippen LogP contribution in [0.2, 0.25) is 0 Å². The Hall–Kier alpha value is -2.69. The number of nitrogens with zero attached hydrogens (tertiary/aromatic N) is 3. The van der Waals surface area contributed by atoms with Crippen molar-refractivity contribution in [1.82, 2.24) is 15.0 Å². The third kappa shape index (κ3) is 1.85. The molecule has 5 heteroatoms. The second-order valence-corrected chi connectivity index (χ2v) is 4.38. The lowest BCUT2D eigenvalue weighted by Gasteiger charge is -2.10. The van der Waals surface area contributed by atoms with Gasteiger partial charge in [0.2, 0.25) is 5.95 Å². The Bertz CT molecular complexity index is 767. The molecule has 4 N–H and O–H groups in total. The smallest absolute Gasteiger partial charge is 0.220 e. The largest absolute Gasteiger partial charge is 0.398 e. The molecule has 0 saturated carbocycles. The summed E-state index contributed by atoms with van der Waals surface area (Å²) >= 11 is 0. The van der Waals surface area contributed by atoms with E-state index in [1.165, 1.54) is 0 Å². The monoisotopic (exact) mass is 251 g/mol. The summed E-state index contributed by atoms with van der Waals surface area (Å²) in [6.45, 7) is 2.03. The molecule has 0 spiro atoms. The molecule has 0 amide bonds. The molecule has 0 fully saturated rings. The van der Waals surface area contributed by atoms with Crippen LogP contribution in [0.25, 0.3) is 22.0 Å². The number of nitrogen functional groups attached to an aromatic ring is 2. The van der Waals surface area contributed by atoms with Crippen molar-refractivity contribution in [1.29, 1.82) is 0 Å². The van der Waals surface area contributed by atoms with Crippen LogP contribution in [0.4, 0.5) is 11.6 Å². The molecule has 1 aromatic carbocycles. The second kappa shape index (κ2) is 4.20. The Kier molecular flexibility index (Phi) is 2.52. The molecule has 19 heavy (non-hydrogen) atoms. The van der Waals surface area contributed by atoms with Gasteiger partial charge < -0.3 is 11.5 Å². The van der Waals surface area contributed by atoms with Gasteiger partial charge in [-0.2, -0.15) is 0 Å². The minimum absolute atomic E-state index is 0.237. The highest BCUT2D eigenvalue weighted by Gasteiger charge is 2.10. The van der Waals surface area contributed by atoms with Crippen molar-refractivity contribution in [3.8, 4) is 11.1 Å². The van der Waals surface area contributed by atoms with Gasteiger partial charge >= 0.3 is 0 Å². The molecule has 0 aliphatic rings. The van der Waals surface area contributed by atoms with Crippen LogP contribution in [-0.2, 0) is 0 Å². The molecule has 0 unspecified atom stereocenters. The molecule has 0 bridgehead atoms. The number of aryl methyl sites for hydroxylation is 1. The lowest BCUT2D eigenvalue weighted by atomic mass is 10.00. The van der Waals surface area contributed by atoms with E-state index in [0.29, 0.717) is 5.69 Å². The van der Waals surface area contributed by atoms with Gasteiger partial charge in [0.15, 0.2) is 0 Å². The number of nitrogens with two attached hydrogens (primary N) is 2. The quantitative estimate of drug-likeness (QED) is 0.647. The highest BCUT2D eigenvalue weighted by molar-refractivity contribution is 6.00. The maximum absolute atomic E-state index is 5.95. The predicted octanol–water partition coefficient (Wildman–Crippen LogP) is 2.16. The third-order valence-electron chi connectivity index (χ3n) is 3.13. The van der Waals surface area contributed by atoms with Crippen molar-refractivity contribution >= 4 is 22.5 Å². The lowest BCUT2D eigenvalue weighted by molar-refractivity contribution is 1.23. The Labute approximate surface area is 110 Å². The summed E-state index contributed by atoms with van der Waals surface area (Å²) in [6, 6.07) is 5.75. The molecular weight excluding hydrogens is 238 g/mol. The summed E-state index contributed by atoms with van der Waals surface area (Å²) in [5.74, 6) is 0.237. The number of aromatic nitrogens is 3. The summed E-state index contributed by atoms with van der Waals surface area (Å²) in [6.07, 6.45) is 5.24. The van der Waals surface area contributed by atoms with Crippen LogP contribution in [0.3, 0.4) is 0 Å². The fraction of sp³-hybridized carbons (Fsp3) is 0.0714.